The number of benzene rings is 3. The highest BCUT2D eigenvalue weighted by Gasteiger charge is 2.39. The van der Waals surface area contributed by atoms with E-state index in [2.05, 4.69) is 59.6 Å². The number of aliphatic carboxylic acids is 1. The summed E-state index contributed by atoms with van der Waals surface area (Å²) in [6, 6.07) is 24.5. The van der Waals surface area contributed by atoms with Crippen LogP contribution in [0.3, 0.4) is 0 Å². The summed E-state index contributed by atoms with van der Waals surface area (Å²) in [5.74, 6) is -0.884. The molecule has 46 heavy (non-hydrogen) atoms. The van der Waals surface area contributed by atoms with E-state index in [9.17, 15) is 14.7 Å². The van der Waals surface area contributed by atoms with Crippen molar-refractivity contribution in [2.24, 2.45) is 5.92 Å². The summed E-state index contributed by atoms with van der Waals surface area (Å²) in [5, 5.41) is 21.2. The molecular formula is C38H48N2O6. The summed E-state index contributed by atoms with van der Waals surface area (Å²) >= 11 is 0. The Morgan fingerprint density at radius 2 is 1.52 bits per heavy atom. The SMILES string of the molecule is C[C@H]1[C@@H](CN2CCCCCCC2)O[C@@H](c2ccc(-c3cccc(CNC(=O)CCCC(=O)O)c3)cc2)O[C@H]1c1ccc(CO)cc1. The Hall–Kier alpha value is -3.56. The van der Waals surface area contributed by atoms with Gasteiger partial charge in [-0.15, -0.1) is 0 Å². The van der Waals surface area contributed by atoms with Gasteiger partial charge in [-0.2, -0.15) is 0 Å². The molecule has 3 aromatic rings. The molecule has 246 valence electrons. The van der Waals surface area contributed by atoms with Gasteiger partial charge in [0.05, 0.1) is 18.8 Å². The third kappa shape index (κ3) is 9.48. The maximum Gasteiger partial charge on any atom is 0.303 e. The Morgan fingerprint density at radius 1 is 0.826 bits per heavy atom. The van der Waals surface area contributed by atoms with E-state index in [1.807, 2.05) is 30.3 Å². The average Bonchev–Trinajstić information content (AvgIpc) is 3.06. The van der Waals surface area contributed by atoms with Gasteiger partial charge < -0.3 is 29.9 Å². The Bertz CT molecular complexity index is 1400. The molecule has 1 amide bonds. The zero-order valence-corrected chi connectivity index (χ0v) is 26.9. The van der Waals surface area contributed by atoms with Gasteiger partial charge in [-0.1, -0.05) is 92.9 Å². The van der Waals surface area contributed by atoms with Gasteiger partial charge in [-0.3, -0.25) is 9.59 Å². The fourth-order valence-corrected chi connectivity index (χ4v) is 6.46. The lowest BCUT2D eigenvalue weighted by Gasteiger charge is -2.43. The van der Waals surface area contributed by atoms with Crippen LogP contribution in [0.25, 0.3) is 11.1 Å². The second-order valence-electron chi connectivity index (χ2n) is 12.7. The quantitative estimate of drug-likeness (QED) is 0.203. The third-order valence-electron chi connectivity index (χ3n) is 9.24. The molecule has 0 radical (unpaired) electrons. The molecule has 2 saturated heterocycles. The Kier molecular flexibility index (Phi) is 12.4. The minimum atomic E-state index is -0.890. The van der Waals surface area contributed by atoms with Crippen molar-refractivity contribution >= 4 is 11.9 Å². The van der Waals surface area contributed by atoms with Crippen LogP contribution in [-0.4, -0.2) is 52.7 Å². The number of nitrogens with one attached hydrogen (secondary N) is 1. The van der Waals surface area contributed by atoms with Crippen molar-refractivity contribution in [2.45, 2.75) is 89.9 Å². The molecule has 5 rings (SSSR count). The van der Waals surface area contributed by atoms with Crippen LogP contribution in [0.4, 0.5) is 0 Å². The molecule has 0 aliphatic carbocycles. The average molecular weight is 629 g/mol. The predicted octanol–water partition coefficient (Wildman–Crippen LogP) is 6.77. The number of carboxylic acids is 1. The summed E-state index contributed by atoms with van der Waals surface area (Å²) < 4.78 is 13.4. The van der Waals surface area contributed by atoms with Crippen LogP contribution in [0.2, 0.25) is 0 Å². The fraction of sp³-hybridized carbons (Fsp3) is 0.474. The van der Waals surface area contributed by atoms with E-state index >= 15 is 0 Å². The second-order valence-corrected chi connectivity index (χ2v) is 12.7. The van der Waals surface area contributed by atoms with E-state index in [0.717, 1.165) is 53.0 Å². The summed E-state index contributed by atoms with van der Waals surface area (Å²) in [5.41, 5.74) is 6.02. The Labute approximate surface area is 272 Å². The first-order chi connectivity index (χ1) is 22.4. The van der Waals surface area contributed by atoms with E-state index in [1.54, 1.807) is 0 Å². The predicted molar refractivity (Wildman–Crippen MR) is 178 cm³/mol. The number of carboxylic acid groups (broad SMARTS) is 1. The van der Waals surface area contributed by atoms with Crippen molar-refractivity contribution in [1.82, 2.24) is 10.2 Å². The Morgan fingerprint density at radius 3 is 2.22 bits per heavy atom. The third-order valence-corrected chi connectivity index (χ3v) is 9.24. The molecule has 4 atom stereocenters. The molecule has 2 aliphatic heterocycles. The molecule has 3 aromatic carbocycles. The minimum Gasteiger partial charge on any atom is -0.481 e. The zero-order chi connectivity index (χ0) is 32.3. The smallest absolute Gasteiger partial charge is 0.303 e. The molecular weight excluding hydrogens is 580 g/mol. The lowest BCUT2D eigenvalue weighted by molar-refractivity contribution is -0.276. The molecule has 3 N–H and O–H groups in total. The highest BCUT2D eigenvalue weighted by Crippen LogP contribution is 2.42. The molecule has 0 bridgehead atoms. The summed E-state index contributed by atoms with van der Waals surface area (Å²) in [6.07, 6.45) is 6.27. The number of aliphatic hydroxyl groups is 1. The molecule has 0 saturated carbocycles. The van der Waals surface area contributed by atoms with E-state index in [4.69, 9.17) is 14.6 Å². The van der Waals surface area contributed by atoms with Gasteiger partial charge >= 0.3 is 5.97 Å². The van der Waals surface area contributed by atoms with Crippen LogP contribution in [0.1, 0.15) is 92.9 Å². The first-order valence-electron chi connectivity index (χ1n) is 16.8. The second kappa shape index (κ2) is 16.8. The topological polar surface area (TPSA) is 108 Å². The van der Waals surface area contributed by atoms with Crippen LogP contribution >= 0.6 is 0 Å². The number of rotatable bonds is 12. The van der Waals surface area contributed by atoms with Crippen molar-refractivity contribution in [3.8, 4) is 11.1 Å². The number of carbonyl (C=O) groups is 2. The van der Waals surface area contributed by atoms with Crippen molar-refractivity contribution in [1.29, 1.82) is 0 Å². The molecule has 0 unspecified atom stereocenters. The number of aliphatic hydroxyl groups excluding tert-OH is 1. The minimum absolute atomic E-state index is 0.00760. The normalized spacial score (nSPS) is 22.5. The van der Waals surface area contributed by atoms with Crippen molar-refractivity contribution in [2.75, 3.05) is 19.6 Å². The highest BCUT2D eigenvalue weighted by atomic mass is 16.7. The number of hydrogen-bond donors (Lipinski definition) is 3. The molecule has 0 aromatic heterocycles. The first-order valence-corrected chi connectivity index (χ1v) is 16.8. The maximum atomic E-state index is 12.1. The number of amides is 1. The van der Waals surface area contributed by atoms with Gasteiger partial charge in [0.2, 0.25) is 5.91 Å². The first kappa shape index (κ1) is 33.8. The molecule has 8 nitrogen and oxygen atoms in total. The van der Waals surface area contributed by atoms with Crippen molar-refractivity contribution in [3.05, 3.63) is 95.1 Å². The number of ether oxygens (including phenoxy) is 2. The van der Waals surface area contributed by atoms with E-state index in [0.29, 0.717) is 13.0 Å². The van der Waals surface area contributed by atoms with Crippen LogP contribution in [0, 0.1) is 5.92 Å². The van der Waals surface area contributed by atoms with Gasteiger partial charge in [0.1, 0.15) is 0 Å². The molecule has 2 fully saturated rings. The van der Waals surface area contributed by atoms with Gasteiger partial charge in [-0.05, 0) is 66.2 Å². The number of carbonyl (C=O) groups excluding carboxylic acids is 1. The monoisotopic (exact) mass is 628 g/mol. The lowest BCUT2D eigenvalue weighted by atomic mass is 9.89. The number of hydrogen-bond acceptors (Lipinski definition) is 6. The van der Waals surface area contributed by atoms with Crippen LogP contribution < -0.4 is 5.32 Å². The highest BCUT2D eigenvalue weighted by molar-refractivity contribution is 5.76. The molecule has 2 heterocycles. The number of nitrogens with zero attached hydrogens (tertiary/aromatic N) is 1. The van der Waals surface area contributed by atoms with Gasteiger partial charge in [0.15, 0.2) is 6.29 Å². The van der Waals surface area contributed by atoms with E-state index in [1.165, 1.54) is 32.1 Å². The zero-order valence-electron chi connectivity index (χ0n) is 26.9. The lowest BCUT2D eigenvalue weighted by Crippen LogP contribution is -2.45. The van der Waals surface area contributed by atoms with Crippen LogP contribution in [0.15, 0.2) is 72.8 Å². The fourth-order valence-electron chi connectivity index (χ4n) is 6.46. The van der Waals surface area contributed by atoms with Crippen LogP contribution in [-0.2, 0) is 32.2 Å². The molecule has 0 spiro atoms. The van der Waals surface area contributed by atoms with Gasteiger partial charge in [0, 0.05) is 37.4 Å². The van der Waals surface area contributed by atoms with E-state index < -0.39 is 12.3 Å². The number of likely N-dealkylation sites (tertiary alicyclic amines) is 1. The maximum absolute atomic E-state index is 12.1. The standard InChI is InChI=1S/C38H48N2O6/c1-27-34(25-40-21-5-3-2-4-6-22-40)45-38(46-37(27)31-15-13-28(26-41)14-16-31)32-19-17-30(18-20-32)33-10-7-9-29(23-33)24-39-35(42)11-8-12-36(43)44/h7,9-10,13-20,23,27,34,37-38,41H,2-6,8,11-12,21-22,24-26H2,1H3,(H,39,42)(H,43,44)/t27-,34+,37+,38+/m0/s1. The van der Waals surface area contributed by atoms with Crippen molar-refractivity contribution < 1.29 is 29.3 Å². The van der Waals surface area contributed by atoms with Gasteiger partial charge in [-0.25, -0.2) is 0 Å². The van der Waals surface area contributed by atoms with E-state index in [-0.39, 0.29) is 43.5 Å². The van der Waals surface area contributed by atoms with Crippen molar-refractivity contribution in [3.63, 3.8) is 0 Å². The Balaban J connectivity index is 1.29. The summed E-state index contributed by atoms with van der Waals surface area (Å²) in [4.78, 5) is 25.4. The molecule has 8 heteroatoms. The summed E-state index contributed by atoms with van der Waals surface area (Å²) in [6.45, 7) is 5.73. The molecule has 2 aliphatic rings. The van der Waals surface area contributed by atoms with Gasteiger partial charge in [0.25, 0.3) is 0 Å². The summed E-state index contributed by atoms with van der Waals surface area (Å²) in [7, 11) is 0. The largest absolute Gasteiger partial charge is 0.481 e. The van der Waals surface area contributed by atoms with Crippen LogP contribution in [0.5, 0.6) is 0 Å².